The first kappa shape index (κ1) is 14.5. The van der Waals surface area contributed by atoms with Crippen LogP contribution in [-0.2, 0) is 13.1 Å². The zero-order valence-corrected chi connectivity index (χ0v) is 12.1. The maximum absolute atomic E-state index is 12.1. The molecule has 0 aliphatic carbocycles. The number of carbonyl (C=O) groups excluding carboxylic acids is 1. The van der Waals surface area contributed by atoms with Crippen LogP contribution in [0.25, 0.3) is 0 Å². The van der Waals surface area contributed by atoms with Crippen molar-refractivity contribution >= 4 is 17.6 Å². The van der Waals surface area contributed by atoms with E-state index in [1.165, 1.54) is 0 Å². The van der Waals surface area contributed by atoms with E-state index in [9.17, 15) is 4.79 Å². The Balaban J connectivity index is 1.92. The van der Waals surface area contributed by atoms with E-state index in [1.807, 2.05) is 37.3 Å². The van der Waals surface area contributed by atoms with Crippen LogP contribution in [0.1, 0.15) is 18.2 Å². The quantitative estimate of drug-likeness (QED) is 0.914. The molecule has 1 aromatic heterocycles. The highest BCUT2D eigenvalue weighted by Crippen LogP contribution is 2.12. The number of rotatable bonds is 5. The van der Waals surface area contributed by atoms with Gasteiger partial charge >= 0.3 is 6.03 Å². The molecule has 2 aromatic rings. The first-order valence-electron chi connectivity index (χ1n) is 6.48. The molecule has 0 bridgehead atoms. The highest BCUT2D eigenvalue weighted by Gasteiger charge is 2.12. The molecule has 0 saturated carbocycles. The molecule has 1 heterocycles. The molecule has 5 heteroatoms. The number of nitrogens with one attached hydrogen (secondary N) is 1. The van der Waals surface area contributed by atoms with Crippen molar-refractivity contribution in [2.24, 2.45) is 0 Å². The van der Waals surface area contributed by atoms with E-state index in [1.54, 1.807) is 17.2 Å². The monoisotopic (exact) mass is 292 g/mol. The summed E-state index contributed by atoms with van der Waals surface area (Å²) in [5, 5.41) is 3.51. The largest absolute Gasteiger partial charge is 0.467 e. The fourth-order valence-corrected chi connectivity index (χ4v) is 2.08. The van der Waals surface area contributed by atoms with Crippen molar-refractivity contribution in [2.75, 3.05) is 6.54 Å². The molecule has 0 aliphatic heterocycles. The van der Waals surface area contributed by atoms with Crippen LogP contribution in [-0.4, -0.2) is 17.5 Å². The summed E-state index contributed by atoms with van der Waals surface area (Å²) in [4.78, 5) is 13.8. The van der Waals surface area contributed by atoms with Crippen LogP contribution in [0.2, 0.25) is 5.02 Å². The zero-order chi connectivity index (χ0) is 14.4. The second-order valence-corrected chi connectivity index (χ2v) is 4.82. The molecule has 1 aromatic carbocycles. The van der Waals surface area contributed by atoms with Crippen LogP contribution in [0.3, 0.4) is 0 Å². The van der Waals surface area contributed by atoms with Gasteiger partial charge in [0.25, 0.3) is 0 Å². The molecule has 20 heavy (non-hydrogen) atoms. The lowest BCUT2D eigenvalue weighted by molar-refractivity contribution is 0.196. The van der Waals surface area contributed by atoms with Gasteiger partial charge in [-0.15, -0.1) is 0 Å². The van der Waals surface area contributed by atoms with Gasteiger partial charge in [0.1, 0.15) is 5.76 Å². The molecule has 1 N–H and O–H groups in total. The average molecular weight is 293 g/mol. The van der Waals surface area contributed by atoms with Crippen LogP contribution in [0.4, 0.5) is 4.79 Å². The van der Waals surface area contributed by atoms with E-state index in [0.29, 0.717) is 24.7 Å². The van der Waals surface area contributed by atoms with Gasteiger partial charge in [0.05, 0.1) is 12.8 Å². The van der Waals surface area contributed by atoms with Gasteiger partial charge in [-0.1, -0.05) is 23.7 Å². The Labute approximate surface area is 123 Å². The van der Waals surface area contributed by atoms with Crippen molar-refractivity contribution in [1.82, 2.24) is 10.2 Å². The first-order chi connectivity index (χ1) is 9.69. The van der Waals surface area contributed by atoms with Crippen molar-refractivity contribution in [3.63, 3.8) is 0 Å². The Morgan fingerprint density at radius 3 is 2.85 bits per heavy atom. The van der Waals surface area contributed by atoms with Crippen molar-refractivity contribution in [2.45, 2.75) is 20.0 Å². The molecule has 0 radical (unpaired) electrons. The van der Waals surface area contributed by atoms with Gasteiger partial charge in [0.2, 0.25) is 0 Å². The molecule has 0 spiro atoms. The summed E-state index contributed by atoms with van der Waals surface area (Å²) in [6.45, 7) is 3.48. The van der Waals surface area contributed by atoms with E-state index >= 15 is 0 Å². The summed E-state index contributed by atoms with van der Waals surface area (Å²) in [5.41, 5.74) is 1.01. The number of furan rings is 1. The molecule has 2 rings (SSSR count). The van der Waals surface area contributed by atoms with E-state index in [0.717, 1.165) is 11.3 Å². The lowest BCUT2D eigenvalue weighted by Crippen LogP contribution is -2.38. The zero-order valence-electron chi connectivity index (χ0n) is 11.3. The third-order valence-electron chi connectivity index (χ3n) is 2.93. The summed E-state index contributed by atoms with van der Waals surface area (Å²) in [5.74, 6) is 0.733. The summed E-state index contributed by atoms with van der Waals surface area (Å²) in [6.07, 6.45) is 1.59. The second kappa shape index (κ2) is 7.01. The molecule has 0 fully saturated rings. The number of urea groups is 1. The SMILES string of the molecule is CCN(Cc1cccc(Cl)c1)C(=O)NCc1ccco1. The number of nitrogens with zero attached hydrogens (tertiary/aromatic N) is 1. The minimum absolute atomic E-state index is 0.121. The molecule has 2 amide bonds. The third-order valence-corrected chi connectivity index (χ3v) is 3.16. The van der Waals surface area contributed by atoms with E-state index in [2.05, 4.69) is 5.32 Å². The van der Waals surface area contributed by atoms with Crippen LogP contribution < -0.4 is 5.32 Å². The average Bonchev–Trinajstić information content (AvgIpc) is 2.95. The fraction of sp³-hybridized carbons (Fsp3) is 0.267. The van der Waals surface area contributed by atoms with Gasteiger partial charge in [0.15, 0.2) is 0 Å². The number of halogens is 1. The number of hydrogen-bond donors (Lipinski definition) is 1. The predicted molar refractivity (Wildman–Crippen MR) is 78.5 cm³/mol. The Bertz CT molecular complexity index is 555. The highest BCUT2D eigenvalue weighted by molar-refractivity contribution is 6.30. The minimum atomic E-state index is -0.121. The molecule has 0 aliphatic rings. The maximum atomic E-state index is 12.1. The van der Waals surface area contributed by atoms with E-state index < -0.39 is 0 Å². The number of carbonyl (C=O) groups is 1. The third kappa shape index (κ3) is 4.03. The minimum Gasteiger partial charge on any atom is -0.467 e. The lowest BCUT2D eigenvalue weighted by atomic mass is 10.2. The highest BCUT2D eigenvalue weighted by atomic mass is 35.5. The Morgan fingerprint density at radius 2 is 2.20 bits per heavy atom. The summed E-state index contributed by atoms with van der Waals surface area (Å²) < 4.78 is 5.18. The lowest BCUT2D eigenvalue weighted by Gasteiger charge is -2.21. The second-order valence-electron chi connectivity index (χ2n) is 4.38. The number of amides is 2. The van der Waals surface area contributed by atoms with Gasteiger partial charge in [-0.3, -0.25) is 0 Å². The Morgan fingerprint density at radius 1 is 1.35 bits per heavy atom. The molecule has 0 saturated heterocycles. The van der Waals surface area contributed by atoms with Gasteiger partial charge in [-0.25, -0.2) is 4.79 Å². The van der Waals surface area contributed by atoms with Gasteiger partial charge in [-0.2, -0.15) is 0 Å². The van der Waals surface area contributed by atoms with E-state index in [4.69, 9.17) is 16.0 Å². The fourth-order valence-electron chi connectivity index (χ4n) is 1.87. The molecule has 4 nitrogen and oxygen atoms in total. The topological polar surface area (TPSA) is 45.5 Å². The first-order valence-corrected chi connectivity index (χ1v) is 6.86. The summed E-state index contributed by atoms with van der Waals surface area (Å²) >= 11 is 5.95. The number of benzene rings is 1. The van der Waals surface area contributed by atoms with Gasteiger partial charge < -0.3 is 14.6 Å². The molecular weight excluding hydrogens is 276 g/mol. The normalized spacial score (nSPS) is 10.3. The van der Waals surface area contributed by atoms with Crippen molar-refractivity contribution < 1.29 is 9.21 Å². The van der Waals surface area contributed by atoms with Crippen LogP contribution in [0, 0.1) is 0 Å². The molecule has 0 atom stereocenters. The summed E-state index contributed by atoms with van der Waals surface area (Å²) in [7, 11) is 0. The number of hydrogen-bond acceptors (Lipinski definition) is 2. The predicted octanol–water partition coefficient (Wildman–Crippen LogP) is 3.66. The Kier molecular flexibility index (Phi) is 5.07. The van der Waals surface area contributed by atoms with Gasteiger partial charge in [0, 0.05) is 18.1 Å². The van der Waals surface area contributed by atoms with Crippen molar-refractivity contribution in [3.05, 3.63) is 59.0 Å². The smallest absolute Gasteiger partial charge is 0.318 e. The van der Waals surface area contributed by atoms with Crippen molar-refractivity contribution in [3.8, 4) is 0 Å². The van der Waals surface area contributed by atoms with Crippen LogP contribution >= 0.6 is 11.6 Å². The van der Waals surface area contributed by atoms with Gasteiger partial charge in [-0.05, 0) is 36.8 Å². The molecular formula is C15H17ClN2O2. The standard InChI is InChI=1S/C15H17ClN2O2/c1-2-18(11-12-5-3-6-13(16)9-12)15(19)17-10-14-7-4-8-20-14/h3-9H,2,10-11H2,1H3,(H,17,19). The molecule has 106 valence electrons. The van der Waals surface area contributed by atoms with Crippen LogP contribution in [0.15, 0.2) is 47.1 Å². The maximum Gasteiger partial charge on any atom is 0.318 e. The molecule has 0 unspecified atom stereocenters. The summed E-state index contributed by atoms with van der Waals surface area (Å²) in [6, 6.07) is 11.0. The van der Waals surface area contributed by atoms with E-state index in [-0.39, 0.29) is 6.03 Å². The van der Waals surface area contributed by atoms with Crippen LogP contribution in [0.5, 0.6) is 0 Å². The van der Waals surface area contributed by atoms with Crippen molar-refractivity contribution in [1.29, 1.82) is 0 Å². The Hall–Kier alpha value is -1.94.